The van der Waals surface area contributed by atoms with Crippen LogP contribution >= 0.6 is 11.8 Å². The lowest BCUT2D eigenvalue weighted by Crippen LogP contribution is -2.30. The van der Waals surface area contributed by atoms with Crippen molar-refractivity contribution in [2.45, 2.75) is 37.7 Å². The van der Waals surface area contributed by atoms with Crippen LogP contribution in [0.3, 0.4) is 0 Å². The topological polar surface area (TPSA) is 63.1 Å². The number of amides is 1. The highest BCUT2D eigenvalue weighted by Crippen LogP contribution is 2.27. The quantitative estimate of drug-likeness (QED) is 0.503. The van der Waals surface area contributed by atoms with E-state index in [0.717, 1.165) is 30.0 Å². The first-order valence-electron chi connectivity index (χ1n) is 10.4. The van der Waals surface area contributed by atoms with E-state index in [1.54, 1.807) is 12.1 Å². The number of carbonyl (C=O) groups is 1. The maximum absolute atomic E-state index is 13.0. The third-order valence-corrected chi connectivity index (χ3v) is 6.25. The minimum Gasteiger partial charge on any atom is -0.372 e. The van der Waals surface area contributed by atoms with Crippen molar-refractivity contribution in [1.82, 2.24) is 20.1 Å². The number of nitrogens with one attached hydrogen (secondary N) is 1. The van der Waals surface area contributed by atoms with Crippen LogP contribution in [0.15, 0.2) is 53.7 Å². The molecule has 1 amide bonds. The van der Waals surface area contributed by atoms with Crippen LogP contribution in [0.25, 0.3) is 11.4 Å². The van der Waals surface area contributed by atoms with Crippen LogP contribution in [0.2, 0.25) is 0 Å². The van der Waals surface area contributed by atoms with E-state index < -0.39 is 0 Å². The molecule has 1 aromatic heterocycles. The molecule has 1 heterocycles. The normalized spacial score (nSPS) is 11.9. The van der Waals surface area contributed by atoms with Gasteiger partial charge in [0.1, 0.15) is 5.82 Å². The molecule has 0 radical (unpaired) electrons. The molecule has 2 aromatic carbocycles. The van der Waals surface area contributed by atoms with Gasteiger partial charge in [0.15, 0.2) is 11.0 Å². The van der Waals surface area contributed by atoms with Gasteiger partial charge in [-0.15, -0.1) is 10.2 Å². The van der Waals surface area contributed by atoms with Gasteiger partial charge in [-0.3, -0.25) is 4.79 Å². The first kappa shape index (κ1) is 22.8. The average molecular weight is 442 g/mol. The van der Waals surface area contributed by atoms with Crippen molar-refractivity contribution in [3.8, 4) is 11.4 Å². The summed E-state index contributed by atoms with van der Waals surface area (Å²) in [5, 5.41) is 11.8. The minimum atomic E-state index is -0.346. The van der Waals surface area contributed by atoms with Gasteiger partial charge >= 0.3 is 0 Å². The maximum atomic E-state index is 13.0. The van der Waals surface area contributed by atoms with E-state index in [4.69, 9.17) is 0 Å². The number of hydrogen-bond donors (Lipinski definition) is 1. The summed E-state index contributed by atoms with van der Waals surface area (Å²) >= 11 is 1.36. The van der Waals surface area contributed by atoms with Gasteiger partial charge < -0.3 is 14.8 Å². The largest absolute Gasteiger partial charge is 0.372 e. The van der Waals surface area contributed by atoms with E-state index in [2.05, 4.69) is 46.4 Å². The third-order valence-electron chi connectivity index (χ3n) is 5.12. The van der Waals surface area contributed by atoms with Gasteiger partial charge in [0, 0.05) is 37.9 Å². The molecule has 0 aliphatic carbocycles. The molecule has 8 heteroatoms. The van der Waals surface area contributed by atoms with Gasteiger partial charge in [-0.2, -0.15) is 0 Å². The van der Waals surface area contributed by atoms with Gasteiger partial charge in [0.05, 0.1) is 5.25 Å². The van der Waals surface area contributed by atoms with Gasteiger partial charge in [-0.05, 0) is 62.7 Å². The van der Waals surface area contributed by atoms with E-state index in [-0.39, 0.29) is 17.0 Å². The summed E-state index contributed by atoms with van der Waals surface area (Å²) < 4.78 is 14.9. The predicted molar refractivity (Wildman–Crippen MR) is 124 cm³/mol. The summed E-state index contributed by atoms with van der Waals surface area (Å²) in [5.41, 5.74) is 3.00. The highest BCUT2D eigenvalue weighted by molar-refractivity contribution is 8.00. The van der Waals surface area contributed by atoms with Crippen molar-refractivity contribution in [1.29, 1.82) is 0 Å². The van der Waals surface area contributed by atoms with Crippen molar-refractivity contribution in [2.75, 3.05) is 18.0 Å². The van der Waals surface area contributed by atoms with Crippen molar-refractivity contribution < 1.29 is 9.18 Å². The average Bonchev–Trinajstić information content (AvgIpc) is 3.14. The van der Waals surface area contributed by atoms with Crippen molar-refractivity contribution in [2.24, 2.45) is 7.05 Å². The Bertz CT molecular complexity index is 1000. The Kier molecular flexibility index (Phi) is 7.68. The number of carbonyl (C=O) groups excluding carboxylic acids is 1. The zero-order valence-corrected chi connectivity index (χ0v) is 19.1. The molecule has 0 saturated carbocycles. The van der Waals surface area contributed by atoms with E-state index in [0.29, 0.717) is 11.7 Å². The lowest BCUT2D eigenvalue weighted by atomic mass is 10.2. The predicted octanol–water partition coefficient (Wildman–Crippen LogP) is 4.26. The van der Waals surface area contributed by atoms with E-state index in [1.165, 1.54) is 29.6 Å². The molecule has 0 aliphatic rings. The molecule has 0 fully saturated rings. The maximum Gasteiger partial charge on any atom is 0.233 e. The van der Waals surface area contributed by atoms with Crippen LogP contribution in [0.1, 0.15) is 26.3 Å². The summed E-state index contributed by atoms with van der Waals surface area (Å²) in [5.74, 6) is 0.356. The van der Waals surface area contributed by atoms with Gasteiger partial charge in [0.25, 0.3) is 0 Å². The number of anilines is 1. The van der Waals surface area contributed by atoms with Gasteiger partial charge in [-0.25, -0.2) is 4.39 Å². The van der Waals surface area contributed by atoms with Crippen LogP contribution in [0, 0.1) is 5.82 Å². The molecule has 1 N–H and O–H groups in total. The Balaban J connectivity index is 1.62. The van der Waals surface area contributed by atoms with Crippen LogP contribution in [-0.2, 0) is 18.4 Å². The summed E-state index contributed by atoms with van der Waals surface area (Å²) in [4.78, 5) is 14.8. The van der Waals surface area contributed by atoms with Crippen molar-refractivity contribution in [3.05, 3.63) is 59.9 Å². The summed E-state index contributed by atoms with van der Waals surface area (Å²) in [6.07, 6.45) is 0. The first-order valence-corrected chi connectivity index (χ1v) is 11.2. The monoisotopic (exact) mass is 441 g/mol. The second-order valence-corrected chi connectivity index (χ2v) is 8.50. The highest BCUT2D eigenvalue weighted by Gasteiger charge is 2.19. The molecule has 3 rings (SSSR count). The van der Waals surface area contributed by atoms with E-state index in [1.807, 2.05) is 30.7 Å². The summed E-state index contributed by atoms with van der Waals surface area (Å²) in [6, 6.07) is 14.4. The van der Waals surface area contributed by atoms with Crippen LogP contribution in [-0.4, -0.2) is 39.0 Å². The first-order chi connectivity index (χ1) is 14.9. The third kappa shape index (κ3) is 5.64. The lowest BCUT2D eigenvalue weighted by Gasteiger charge is -2.21. The Hall–Kier alpha value is -2.87. The van der Waals surface area contributed by atoms with Crippen molar-refractivity contribution in [3.63, 3.8) is 0 Å². The Morgan fingerprint density at radius 3 is 2.35 bits per heavy atom. The molecular weight excluding hydrogens is 413 g/mol. The second kappa shape index (κ2) is 10.4. The Morgan fingerprint density at radius 2 is 1.74 bits per heavy atom. The number of thioether (sulfide) groups is 1. The zero-order chi connectivity index (χ0) is 22.4. The zero-order valence-electron chi connectivity index (χ0n) is 18.3. The number of aromatic nitrogens is 3. The lowest BCUT2D eigenvalue weighted by molar-refractivity contribution is -0.120. The van der Waals surface area contributed by atoms with Crippen molar-refractivity contribution >= 4 is 23.4 Å². The molecule has 164 valence electrons. The standard InChI is InChI=1S/C23H28FN5OS/c1-5-29(6-2)20-13-9-18(10-14-20)21-26-27-23(28(21)4)31-16(3)22(30)25-15-17-7-11-19(24)12-8-17/h7-14,16H,5-6,15H2,1-4H3,(H,25,30). The number of nitrogens with zero attached hydrogens (tertiary/aromatic N) is 4. The SMILES string of the molecule is CCN(CC)c1ccc(-c2nnc(SC(C)C(=O)NCc3ccc(F)cc3)n2C)cc1. The highest BCUT2D eigenvalue weighted by atomic mass is 32.2. The fourth-order valence-corrected chi connectivity index (χ4v) is 4.06. The van der Waals surface area contributed by atoms with Gasteiger partial charge in [0.2, 0.25) is 5.91 Å². The van der Waals surface area contributed by atoms with Gasteiger partial charge in [-0.1, -0.05) is 23.9 Å². The molecule has 1 atom stereocenters. The molecule has 0 spiro atoms. The number of halogens is 1. The van der Waals surface area contributed by atoms with Crippen LogP contribution < -0.4 is 10.2 Å². The number of rotatable bonds is 9. The Labute approximate surface area is 186 Å². The number of benzene rings is 2. The van der Waals surface area contributed by atoms with Crippen LogP contribution in [0.4, 0.5) is 10.1 Å². The fourth-order valence-electron chi connectivity index (χ4n) is 3.23. The molecule has 0 bridgehead atoms. The molecule has 3 aromatic rings. The number of hydrogen-bond acceptors (Lipinski definition) is 5. The summed E-state index contributed by atoms with van der Waals surface area (Å²) in [7, 11) is 1.90. The molecule has 6 nitrogen and oxygen atoms in total. The molecule has 31 heavy (non-hydrogen) atoms. The molecule has 1 unspecified atom stereocenters. The second-order valence-electron chi connectivity index (χ2n) is 7.19. The van der Waals surface area contributed by atoms with Crippen LogP contribution in [0.5, 0.6) is 0 Å². The smallest absolute Gasteiger partial charge is 0.233 e. The molecular formula is C23H28FN5OS. The molecule has 0 saturated heterocycles. The minimum absolute atomic E-state index is 0.109. The Morgan fingerprint density at radius 1 is 1.10 bits per heavy atom. The fraction of sp³-hybridized carbons (Fsp3) is 0.348. The molecule has 0 aliphatic heterocycles. The summed E-state index contributed by atoms with van der Waals surface area (Å²) in [6.45, 7) is 8.38. The van der Waals surface area contributed by atoms with E-state index in [9.17, 15) is 9.18 Å². The van der Waals surface area contributed by atoms with E-state index >= 15 is 0 Å².